The second-order valence-corrected chi connectivity index (χ2v) is 2.39. The lowest BCUT2D eigenvalue weighted by atomic mass is 10.5. The summed E-state index contributed by atoms with van der Waals surface area (Å²) in [6, 6.07) is 0. The number of hydrogen-bond donors (Lipinski definition) is 1. The molecule has 0 fully saturated rings. The zero-order valence-electron chi connectivity index (χ0n) is 6.28. The average Bonchev–Trinajstić information content (AvgIpc) is 2.50. The molecule has 11 heavy (non-hydrogen) atoms. The topological polar surface area (TPSA) is 41.9 Å². The minimum atomic E-state index is -0.352. The van der Waals surface area contributed by atoms with E-state index >= 15 is 0 Å². The van der Waals surface area contributed by atoms with Gasteiger partial charge in [-0.15, -0.1) is 0 Å². The second kappa shape index (κ2) is 3.61. The van der Waals surface area contributed by atoms with Crippen molar-refractivity contribution in [1.82, 2.24) is 4.90 Å². The molecule has 5 heteroatoms. The van der Waals surface area contributed by atoms with Gasteiger partial charge in [0, 0.05) is 5.75 Å². The van der Waals surface area contributed by atoms with Gasteiger partial charge in [0.2, 0.25) is 0 Å². The Kier molecular flexibility index (Phi) is 2.76. The number of amidine groups is 1. The Bertz CT molecular complexity index is 193. The summed E-state index contributed by atoms with van der Waals surface area (Å²) in [6.45, 7) is 1.27. The van der Waals surface area contributed by atoms with Crippen LogP contribution < -0.4 is 0 Å². The number of amides is 1. The van der Waals surface area contributed by atoms with Crippen LogP contribution in [0.2, 0.25) is 0 Å². The molecule has 1 amide bonds. The van der Waals surface area contributed by atoms with Gasteiger partial charge < -0.3 is 4.74 Å². The van der Waals surface area contributed by atoms with E-state index < -0.39 is 0 Å². The van der Waals surface area contributed by atoms with Crippen molar-refractivity contribution in [2.45, 2.75) is 0 Å². The number of hydrogen-bond acceptors (Lipinski definition) is 4. The van der Waals surface area contributed by atoms with Crippen molar-refractivity contribution >= 4 is 24.6 Å². The van der Waals surface area contributed by atoms with Crippen molar-refractivity contribution in [2.24, 2.45) is 4.99 Å². The van der Waals surface area contributed by atoms with Crippen LogP contribution in [0.15, 0.2) is 4.99 Å². The molecule has 0 saturated carbocycles. The molecule has 62 valence electrons. The van der Waals surface area contributed by atoms with Crippen LogP contribution in [0.5, 0.6) is 0 Å². The lowest BCUT2D eigenvalue weighted by Crippen LogP contribution is -2.34. The highest BCUT2D eigenvalue weighted by Gasteiger charge is 2.22. The standard InChI is InChI=1S/C6H10N2O2S/c1-10-6(9)8-3-2-7-5(8)4-11/h11H,2-4H2,1H3. The highest BCUT2D eigenvalue weighted by Crippen LogP contribution is 2.04. The maximum absolute atomic E-state index is 11.0. The Balaban J connectivity index is 2.59. The van der Waals surface area contributed by atoms with Crippen LogP contribution in [-0.2, 0) is 4.74 Å². The fourth-order valence-corrected chi connectivity index (χ4v) is 1.21. The molecule has 1 rings (SSSR count). The van der Waals surface area contributed by atoms with Crippen molar-refractivity contribution in [3.05, 3.63) is 0 Å². The van der Waals surface area contributed by atoms with E-state index in [2.05, 4.69) is 22.4 Å². The quantitative estimate of drug-likeness (QED) is 0.584. The van der Waals surface area contributed by atoms with Crippen LogP contribution in [0, 0.1) is 0 Å². The first-order valence-electron chi connectivity index (χ1n) is 3.29. The summed E-state index contributed by atoms with van der Waals surface area (Å²) in [5.74, 6) is 1.18. The zero-order valence-corrected chi connectivity index (χ0v) is 7.17. The van der Waals surface area contributed by atoms with Crippen molar-refractivity contribution in [2.75, 3.05) is 26.0 Å². The summed E-state index contributed by atoms with van der Waals surface area (Å²) in [6.07, 6.45) is -0.352. The molecular weight excluding hydrogens is 164 g/mol. The Labute approximate surface area is 70.6 Å². The maximum Gasteiger partial charge on any atom is 0.415 e. The van der Waals surface area contributed by atoms with Crippen molar-refractivity contribution in [1.29, 1.82) is 0 Å². The highest BCUT2D eigenvalue weighted by atomic mass is 32.1. The molecular formula is C6H10N2O2S. The van der Waals surface area contributed by atoms with Gasteiger partial charge >= 0.3 is 6.09 Å². The molecule has 0 aromatic heterocycles. The normalized spacial score (nSPS) is 16.5. The first-order chi connectivity index (χ1) is 5.29. The molecule has 1 heterocycles. The van der Waals surface area contributed by atoms with Gasteiger partial charge in [-0.25, -0.2) is 4.79 Å². The molecule has 0 N–H and O–H groups in total. The van der Waals surface area contributed by atoms with Gasteiger partial charge in [-0.1, -0.05) is 0 Å². The monoisotopic (exact) mass is 174 g/mol. The van der Waals surface area contributed by atoms with E-state index in [0.29, 0.717) is 24.7 Å². The Morgan fingerprint density at radius 3 is 3.18 bits per heavy atom. The Morgan fingerprint density at radius 1 is 1.91 bits per heavy atom. The van der Waals surface area contributed by atoms with Gasteiger partial charge in [-0.2, -0.15) is 12.6 Å². The van der Waals surface area contributed by atoms with E-state index in [9.17, 15) is 4.79 Å². The first kappa shape index (κ1) is 8.39. The number of ether oxygens (including phenoxy) is 1. The van der Waals surface area contributed by atoms with Crippen molar-refractivity contribution < 1.29 is 9.53 Å². The molecule has 0 radical (unpaired) electrons. The van der Waals surface area contributed by atoms with E-state index in [-0.39, 0.29) is 6.09 Å². The molecule has 0 bridgehead atoms. The van der Waals surface area contributed by atoms with E-state index in [1.54, 1.807) is 0 Å². The van der Waals surface area contributed by atoms with E-state index in [1.165, 1.54) is 12.0 Å². The average molecular weight is 174 g/mol. The third-order valence-corrected chi connectivity index (χ3v) is 1.75. The largest absolute Gasteiger partial charge is 0.452 e. The van der Waals surface area contributed by atoms with Gasteiger partial charge in [0.05, 0.1) is 20.2 Å². The van der Waals surface area contributed by atoms with E-state index in [0.717, 1.165) is 0 Å². The molecule has 0 atom stereocenters. The molecule has 0 aliphatic carbocycles. The van der Waals surface area contributed by atoms with Gasteiger partial charge in [-0.3, -0.25) is 9.89 Å². The first-order valence-corrected chi connectivity index (χ1v) is 3.92. The van der Waals surface area contributed by atoms with E-state index in [1.807, 2.05) is 0 Å². The zero-order chi connectivity index (χ0) is 8.27. The number of nitrogens with zero attached hydrogens (tertiary/aromatic N) is 2. The number of aliphatic imine (C=N–C) groups is 1. The third-order valence-electron chi connectivity index (χ3n) is 1.47. The summed E-state index contributed by atoms with van der Waals surface area (Å²) >= 11 is 4.03. The summed E-state index contributed by atoms with van der Waals surface area (Å²) in [7, 11) is 1.36. The summed E-state index contributed by atoms with van der Waals surface area (Å²) in [5, 5.41) is 0. The predicted octanol–water partition coefficient (Wildman–Crippen LogP) is 0.397. The van der Waals surface area contributed by atoms with Crippen LogP contribution in [0.25, 0.3) is 0 Å². The number of rotatable bonds is 1. The van der Waals surface area contributed by atoms with Gasteiger partial charge in [0.1, 0.15) is 5.84 Å². The number of thiol groups is 1. The van der Waals surface area contributed by atoms with Gasteiger partial charge in [0.15, 0.2) is 0 Å². The minimum absolute atomic E-state index is 0.352. The summed E-state index contributed by atoms with van der Waals surface area (Å²) in [4.78, 5) is 16.5. The van der Waals surface area contributed by atoms with Crippen LogP contribution >= 0.6 is 12.6 Å². The fourth-order valence-electron chi connectivity index (χ4n) is 0.936. The smallest absolute Gasteiger partial charge is 0.415 e. The number of carbonyl (C=O) groups excluding carboxylic acids is 1. The van der Waals surface area contributed by atoms with Crippen LogP contribution in [0.3, 0.4) is 0 Å². The summed E-state index contributed by atoms with van der Waals surface area (Å²) in [5.41, 5.74) is 0. The fraction of sp³-hybridized carbons (Fsp3) is 0.667. The highest BCUT2D eigenvalue weighted by molar-refractivity contribution is 7.81. The maximum atomic E-state index is 11.0. The molecule has 0 aromatic carbocycles. The molecule has 1 aliphatic heterocycles. The van der Waals surface area contributed by atoms with Crippen molar-refractivity contribution in [3.63, 3.8) is 0 Å². The lowest BCUT2D eigenvalue weighted by Gasteiger charge is -2.14. The third kappa shape index (κ3) is 1.65. The summed E-state index contributed by atoms with van der Waals surface area (Å²) < 4.78 is 4.54. The minimum Gasteiger partial charge on any atom is -0.452 e. The number of carbonyl (C=O) groups is 1. The number of methoxy groups -OCH3 is 1. The molecule has 0 aromatic rings. The Hall–Kier alpha value is -0.710. The molecule has 1 aliphatic rings. The second-order valence-electron chi connectivity index (χ2n) is 2.08. The lowest BCUT2D eigenvalue weighted by molar-refractivity contribution is 0.148. The molecule has 0 unspecified atom stereocenters. The van der Waals surface area contributed by atoms with Crippen LogP contribution in [0.4, 0.5) is 4.79 Å². The molecule has 0 saturated heterocycles. The van der Waals surface area contributed by atoms with Crippen molar-refractivity contribution in [3.8, 4) is 0 Å². The van der Waals surface area contributed by atoms with Gasteiger partial charge in [0.25, 0.3) is 0 Å². The van der Waals surface area contributed by atoms with Crippen LogP contribution in [-0.4, -0.2) is 42.8 Å². The predicted molar refractivity (Wildman–Crippen MR) is 45.3 cm³/mol. The molecule has 4 nitrogen and oxygen atoms in total. The molecule has 0 spiro atoms. The Morgan fingerprint density at radius 2 is 2.64 bits per heavy atom. The van der Waals surface area contributed by atoms with Crippen LogP contribution in [0.1, 0.15) is 0 Å². The SMILES string of the molecule is COC(=O)N1CCN=C1CS. The van der Waals surface area contributed by atoms with E-state index in [4.69, 9.17) is 0 Å². The van der Waals surface area contributed by atoms with Gasteiger partial charge in [-0.05, 0) is 0 Å².